The van der Waals surface area contributed by atoms with Crippen molar-refractivity contribution in [2.75, 3.05) is 13.1 Å². The van der Waals surface area contributed by atoms with E-state index < -0.39 is 5.67 Å². The number of piperidine rings is 1. The Labute approximate surface area is 100 Å². The molecule has 4 nitrogen and oxygen atoms in total. The SMILES string of the molecule is CC(C)c1nc(C2(F)CCNCC2)no1.Cl. The third-order valence-electron chi connectivity index (χ3n) is 2.73. The summed E-state index contributed by atoms with van der Waals surface area (Å²) in [5, 5.41) is 6.86. The minimum absolute atomic E-state index is 0. The fourth-order valence-corrected chi connectivity index (χ4v) is 1.70. The highest BCUT2D eigenvalue weighted by molar-refractivity contribution is 5.85. The van der Waals surface area contributed by atoms with E-state index in [9.17, 15) is 4.39 Å². The Kier molecular flexibility index (Phi) is 4.27. The summed E-state index contributed by atoms with van der Waals surface area (Å²) in [7, 11) is 0. The summed E-state index contributed by atoms with van der Waals surface area (Å²) in [4.78, 5) is 4.12. The van der Waals surface area contributed by atoms with Gasteiger partial charge < -0.3 is 9.84 Å². The van der Waals surface area contributed by atoms with E-state index in [1.807, 2.05) is 13.8 Å². The molecule has 1 N–H and O–H groups in total. The Morgan fingerprint density at radius 1 is 1.38 bits per heavy atom. The first kappa shape index (κ1) is 13.4. The topological polar surface area (TPSA) is 51.0 Å². The molecule has 1 fully saturated rings. The van der Waals surface area contributed by atoms with Crippen LogP contribution < -0.4 is 5.32 Å². The lowest BCUT2D eigenvalue weighted by Crippen LogP contribution is -2.37. The molecule has 1 aliphatic heterocycles. The van der Waals surface area contributed by atoms with Gasteiger partial charge in [0.25, 0.3) is 0 Å². The zero-order valence-electron chi connectivity index (χ0n) is 9.49. The van der Waals surface area contributed by atoms with Crippen molar-refractivity contribution in [3.63, 3.8) is 0 Å². The summed E-state index contributed by atoms with van der Waals surface area (Å²) in [6, 6.07) is 0. The molecule has 16 heavy (non-hydrogen) atoms. The Bertz CT molecular complexity index is 337. The van der Waals surface area contributed by atoms with Crippen LogP contribution in [0.15, 0.2) is 4.52 Å². The Balaban J connectivity index is 0.00000128. The largest absolute Gasteiger partial charge is 0.339 e. The molecule has 2 rings (SSSR count). The molecule has 1 aliphatic rings. The number of nitrogens with one attached hydrogen (secondary N) is 1. The van der Waals surface area contributed by atoms with Gasteiger partial charge in [-0.15, -0.1) is 12.4 Å². The third-order valence-corrected chi connectivity index (χ3v) is 2.73. The van der Waals surface area contributed by atoms with Gasteiger partial charge in [0.2, 0.25) is 11.7 Å². The van der Waals surface area contributed by atoms with Gasteiger partial charge in [0.1, 0.15) is 0 Å². The minimum atomic E-state index is -1.40. The second-order valence-electron chi connectivity index (χ2n) is 4.33. The van der Waals surface area contributed by atoms with Crippen molar-refractivity contribution in [3.05, 3.63) is 11.7 Å². The van der Waals surface area contributed by atoms with Crippen LogP contribution in [-0.4, -0.2) is 23.2 Å². The highest BCUT2D eigenvalue weighted by Crippen LogP contribution is 2.33. The average Bonchev–Trinajstić information content (AvgIpc) is 2.68. The van der Waals surface area contributed by atoms with E-state index >= 15 is 0 Å². The van der Waals surface area contributed by atoms with Gasteiger partial charge >= 0.3 is 0 Å². The van der Waals surface area contributed by atoms with Crippen molar-refractivity contribution >= 4 is 12.4 Å². The molecule has 0 aliphatic carbocycles. The maximum Gasteiger partial charge on any atom is 0.229 e. The second kappa shape index (κ2) is 5.10. The first-order chi connectivity index (χ1) is 7.12. The summed E-state index contributed by atoms with van der Waals surface area (Å²) in [6.45, 7) is 5.24. The van der Waals surface area contributed by atoms with Crippen LogP contribution in [-0.2, 0) is 5.67 Å². The van der Waals surface area contributed by atoms with E-state index in [1.54, 1.807) is 0 Å². The molecule has 1 aromatic heterocycles. The van der Waals surface area contributed by atoms with E-state index in [1.165, 1.54) is 0 Å². The van der Waals surface area contributed by atoms with E-state index in [0.29, 0.717) is 31.8 Å². The van der Waals surface area contributed by atoms with Crippen LogP contribution in [0.3, 0.4) is 0 Å². The lowest BCUT2D eigenvalue weighted by molar-refractivity contribution is 0.101. The Morgan fingerprint density at radius 2 is 2.00 bits per heavy atom. The Hall–Kier alpha value is -0.680. The summed E-state index contributed by atoms with van der Waals surface area (Å²) >= 11 is 0. The number of nitrogens with zero attached hydrogens (tertiary/aromatic N) is 2. The molecule has 92 valence electrons. The number of hydrogen-bond acceptors (Lipinski definition) is 4. The molecule has 1 saturated heterocycles. The first-order valence-corrected chi connectivity index (χ1v) is 5.35. The quantitative estimate of drug-likeness (QED) is 0.873. The van der Waals surface area contributed by atoms with Gasteiger partial charge in [0.15, 0.2) is 5.67 Å². The number of hydrogen-bond donors (Lipinski definition) is 1. The van der Waals surface area contributed by atoms with E-state index in [4.69, 9.17) is 4.52 Å². The van der Waals surface area contributed by atoms with Gasteiger partial charge in [-0.3, -0.25) is 0 Å². The summed E-state index contributed by atoms with van der Waals surface area (Å²) in [6.07, 6.45) is 0.841. The predicted molar refractivity (Wildman–Crippen MR) is 60.5 cm³/mol. The van der Waals surface area contributed by atoms with Crippen LogP contribution in [0.1, 0.15) is 44.3 Å². The van der Waals surface area contributed by atoms with Crippen molar-refractivity contribution in [1.29, 1.82) is 0 Å². The highest BCUT2D eigenvalue weighted by Gasteiger charge is 2.38. The third kappa shape index (κ3) is 2.52. The van der Waals surface area contributed by atoms with Crippen LogP contribution in [0.25, 0.3) is 0 Å². The van der Waals surface area contributed by atoms with Crippen LogP contribution in [0.5, 0.6) is 0 Å². The Morgan fingerprint density at radius 3 is 2.50 bits per heavy atom. The maximum absolute atomic E-state index is 14.4. The van der Waals surface area contributed by atoms with Gasteiger partial charge in [-0.2, -0.15) is 4.98 Å². The van der Waals surface area contributed by atoms with Crippen LogP contribution in [0, 0.1) is 0 Å². The van der Waals surface area contributed by atoms with Gasteiger partial charge in [0, 0.05) is 18.8 Å². The zero-order chi connectivity index (χ0) is 10.9. The van der Waals surface area contributed by atoms with Crippen LogP contribution in [0.4, 0.5) is 4.39 Å². The highest BCUT2D eigenvalue weighted by atomic mass is 35.5. The number of alkyl halides is 1. The normalized spacial score (nSPS) is 19.5. The van der Waals surface area contributed by atoms with Gasteiger partial charge in [0.05, 0.1) is 0 Å². The van der Waals surface area contributed by atoms with E-state index in [2.05, 4.69) is 15.5 Å². The summed E-state index contributed by atoms with van der Waals surface area (Å²) in [5.41, 5.74) is -1.40. The van der Waals surface area contributed by atoms with Crippen molar-refractivity contribution in [2.45, 2.75) is 38.3 Å². The fraction of sp³-hybridized carbons (Fsp3) is 0.800. The molecule has 0 aromatic carbocycles. The molecular formula is C10H17ClFN3O. The predicted octanol–water partition coefficient (Wildman–Crippen LogP) is 2.16. The molecule has 0 bridgehead atoms. The molecule has 6 heteroatoms. The minimum Gasteiger partial charge on any atom is -0.339 e. The molecule has 0 saturated carbocycles. The molecule has 0 unspecified atom stereocenters. The lowest BCUT2D eigenvalue weighted by Gasteiger charge is -2.26. The molecular weight excluding hydrogens is 233 g/mol. The molecule has 0 spiro atoms. The standard InChI is InChI=1S/C10H16FN3O.ClH/c1-7(2)8-13-9(14-15-8)10(11)3-5-12-6-4-10;/h7,12H,3-6H2,1-2H3;1H. The number of aromatic nitrogens is 2. The first-order valence-electron chi connectivity index (χ1n) is 5.35. The van der Waals surface area contributed by atoms with Gasteiger partial charge in [-0.05, 0) is 13.1 Å². The summed E-state index contributed by atoms with van der Waals surface area (Å²) in [5.74, 6) is 0.879. The monoisotopic (exact) mass is 249 g/mol. The number of halogens is 2. The smallest absolute Gasteiger partial charge is 0.229 e. The van der Waals surface area contributed by atoms with Crippen LogP contribution in [0.2, 0.25) is 0 Å². The molecule has 1 aromatic rings. The van der Waals surface area contributed by atoms with E-state index in [0.717, 1.165) is 0 Å². The summed E-state index contributed by atoms with van der Waals surface area (Å²) < 4.78 is 19.4. The maximum atomic E-state index is 14.4. The number of rotatable bonds is 2. The second-order valence-corrected chi connectivity index (χ2v) is 4.33. The lowest BCUT2D eigenvalue weighted by atomic mass is 9.94. The molecule has 0 amide bonds. The zero-order valence-corrected chi connectivity index (χ0v) is 10.3. The molecule has 0 atom stereocenters. The average molecular weight is 250 g/mol. The van der Waals surface area contributed by atoms with Crippen molar-refractivity contribution in [1.82, 2.24) is 15.5 Å². The van der Waals surface area contributed by atoms with Crippen molar-refractivity contribution in [2.24, 2.45) is 0 Å². The van der Waals surface area contributed by atoms with Crippen LogP contribution >= 0.6 is 12.4 Å². The fourth-order valence-electron chi connectivity index (χ4n) is 1.70. The van der Waals surface area contributed by atoms with Crippen molar-refractivity contribution < 1.29 is 8.91 Å². The molecule has 2 heterocycles. The van der Waals surface area contributed by atoms with E-state index in [-0.39, 0.29) is 24.1 Å². The molecule has 0 radical (unpaired) electrons. The van der Waals surface area contributed by atoms with Gasteiger partial charge in [-0.25, -0.2) is 4.39 Å². The van der Waals surface area contributed by atoms with Crippen molar-refractivity contribution in [3.8, 4) is 0 Å². The van der Waals surface area contributed by atoms with Gasteiger partial charge in [-0.1, -0.05) is 19.0 Å².